The van der Waals surface area contributed by atoms with E-state index in [2.05, 4.69) is 4.99 Å². The van der Waals surface area contributed by atoms with Crippen molar-refractivity contribution in [1.82, 2.24) is 0 Å². The topological polar surface area (TPSA) is 103 Å². The normalized spacial score (nSPS) is 15.0. The highest BCUT2D eigenvalue weighted by atomic mass is 35.5. The van der Waals surface area contributed by atoms with Crippen molar-refractivity contribution in [3.05, 3.63) is 75.4 Å². The van der Waals surface area contributed by atoms with E-state index in [4.69, 9.17) is 32.5 Å². The minimum absolute atomic E-state index is 0.0882. The lowest BCUT2D eigenvalue weighted by Crippen LogP contribution is -2.46. The average Bonchev–Trinajstić information content (AvgIpc) is 3.22. The number of amides is 1. The summed E-state index contributed by atoms with van der Waals surface area (Å²) in [5.74, 6) is 1.42. The van der Waals surface area contributed by atoms with Crippen molar-refractivity contribution < 1.29 is 14.3 Å². The zero-order chi connectivity index (χ0) is 23.2. The smallest absolute Gasteiger partial charge is 0.268 e. The van der Waals surface area contributed by atoms with E-state index < -0.39 is 6.10 Å². The van der Waals surface area contributed by atoms with Gasteiger partial charge in [0.1, 0.15) is 11.5 Å². The van der Waals surface area contributed by atoms with Crippen LogP contribution >= 0.6 is 22.9 Å². The number of hydrogen-bond acceptors (Lipinski definition) is 5. The molecule has 0 bridgehead atoms. The number of aliphatic imine (C=N–C) groups is 1. The molecule has 0 aliphatic carbocycles. The summed E-state index contributed by atoms with van der Waals surface area (Å²) in [4.78, 5) is 19.0. The van der Waals surface area contributed by atoms with Crippen molar-refractivity contribution in [3.63, 3.8) is 0 Å². The molecule has 3 aromatic rings. The van der Waals surface area contributed by atoms with Crippen LogP contribution in [0, 0.1) is 0 Å². The molecule has 1 aliphatic heterocycles. The third kappa shape index (κ3) is 5.97. The summed E-state index contributed by atoms with van der Waals surface area (Å²) in [5, 5.41) is 1.97. The number of guanidine groups is 1. The Bertz CT molecular complexity index is 1130. The van der Waals surface area contributed by atoms with E-state index in [-0.39, 0.29) is 11.9 Å². The molecule has 1 aromatic heterocycles. The summed E-state index contributed by atoms with van der Waals surface area (Å²) in [7, 11) is 0. The number of anilines is 1. The highest BCUT2D eigenvalue weighted by Gasteiger charge is 2.34. The van der Waals surface area contributed by atoms with Gasteiger partial charge in [0.2, 0.25) is 0 Å². The molecular weight excluding hydrogens is 460 g/mol. The van der Waals surface area contributed by atoms with E-state index >= 15 is 0 Å². The first-order valence-corrected chi connectivity index (χ1v) is 11.8. The number of carbonyl (C=O) groups is 1. The van der Waals surface area contributed by atoms with Crippen molar-refractivity contribution in [1.29, 1.82) is 0 Å². The second-order valence-electron chi connectivity index (χ2n) is 7.60. The predicted molar refractivity (Wildman–Crippen MR) is 132 cm³/mol. The third-order valence-electron chi connectivity index (χ3n) is 5.20. The van der Waals surface area contributed by atoms with Gasteiger partial charge in [-0.2, -0.15) is 0 Å². The molecule has 1 unspecified atom stereocenters. The number of fused-ring (bicyclic) bond motifs is 1. The van der Waals surface area contributed by atoms with Crippen LogP contribution in [0.4, 0.5) is 5.69 Å². The van der Waals surface area contributed by atoms with Gasteiger partial charge >= 0.3 is 0 Å². The van der Waals surface area contributed by atoms with Crippen LogP contribution in [-0.2, 0) is 17.8 Å². The fraction of sp³-hybridized carbons (Fsp3) is 0.250. The number of benzene rings is 2. The lowest BCUT2D eigenvalue weighted by Gasteiger charge is -2.34. The van der Waals surface area contributed by atoms with E-state index in [0.717, 1.165) is 29.0 Å². The third-order valence-corrected chi connectivity index (χ3v) is 6.34. The number of ether oxygens (including phenoxy) is 2. The minimum Gasteiger partial charge on any atom is -0.493 e. The summed E-state index contributed by atoms with van der Waals surface area (Å²) >= 11 is 7.53. The lowest BCUT2D eigenvalue weighted by atomic mass is 10.1. The van der Waals surface area contributed by atoms with Crippen LogP contribution in [0.1, 0.15) is 17.5 Å². The monoisotopic (exact) mass is 484 g/mol. The van der Waals surface area contributed by atoms with Crippen molar-refractivity contribution >= 4 is 40.5 Å². The van der Waals surface area contributed by atoms with Gasteiger partial charge in [-0.3, -0.25) is 9.79 Å². The van der Waals surface area contributed by atoms with Crippen LogP contribution in [-0.4, -0.2) is 31.1 Å². The SMILES string of the molecule is NC(N)=NCCc1ccc(OCCC2Oc3ccccc3N(Cc3csc(Cl)c3)C2=O)cc1. The number of para-hydroxylation sites is 2. The maximum Gasteiger partial charge on any atom is 0.268 e. The Morgan fingerprint density at radius 1 is 1.15 bits per heavy atom. The van der Waals surface area contributed by atoms with E-state index in [9.17, 15) is 4.79 Å². The summed E-state index contributed by atoms with van der Waals surface area (Å²) in [5.41, 5.74) is 13.6. The Morgan fingerprint density at radius 2 is 1.94 bits per heavy atom. The molecule has 4 rings (SSSR count). The number of halogens is 1. The van der Waals surface area contributed by atoms with E-state index in [0.29, 0.717) is 36.2 Å². The number of hydrogen-bond donors (Lipinski definition) is 2. The number of nitrogens with two attached hydrogens (primary N) is 2. The summed E-state index contributed by atoms with van der Waals surface area (Å²) in [6.07, 6.45) is 0.556. The average molecular weight is 485 g/mol. The van der Waals surface area contributed by atoms with Crippen molar-refractivity contribution in [2.75, 3.05) is 18.1 Å². The molecule has 0 spiro atoms. The minimum atomic E-state index is -0.618. The van der Waals surface area contributed by atoms with Gasteiger partial charge in [0.05, 0.1) is 23.2 Å². The molecule has 0 radical (unpaired) electrons. The standard InChI is InChI=1S/C24H25ClN4O3S/c25-22-13-17(15-33-22)14-29-19-3-1-2-4-20(19)32-21(23(29)30)10-12-31-18-7-5-16(6-8-18)9-11-28-24(26)27/h1-8,13,15,21H,9-12,14H2,(H4,26,27,28). The first-order valence-electron chi connectivity index (χ1n) is 10.6. The molecule has 0 saturated heterocycles. The molecular formula is C24H25ClN4O3S. The van der Waals surface area contributed by atoms with Crippen LogP contribution in [0.3, 0.4) is 0 Å². The Hall–Kier alpha value is -3.23. The van der Waals surface area contributed by atoms with Gasteiger partial charge in [0, 0.05) is 13.0 Å². The van der Waals surface area contributed by atoms with Crippen molar-refractivity contribution in [3.8, 4) is 11.5 Å². The molecule has 172 valence electrons. The van der Waals surface area contributed by atoms with Gasteiger partial charge in [-0.15, -0.1) is 11.3 Å². The van der Waals surface area contributed by atoms with Crippen molar-refractivity contribution in [2.24, 2.45) is 16.5 Å². The Kier molecular flexibility index (Phi) is 7.36. The second-order valence-corrected chi connectivity index (χ2v) is 9.14. The molecule has 0 saturated carbocycles. The molecule has 7 nitrogen and oxygen atoms in total. The second kappa shape index (κ2) is 10.6. The van der Waals surface area contributed by atoms with Gasteiger partial charge in [-0.25, -0.2) is 0 Å². The van der Waals surface area contributed by atoms with Crippen LogP contribution < -0.4 is 25.8 Å². The van der Waals surface area contributed by atoms with E-state index in [1.807, 2.05) is 60.0 Å². The Morgan fingerprint density at radius 3 is 2.67 bits per heavy atom. The van der Waals surface area contributed by atoms with Gasteiger partial charge in [0.15, 0.2) is 12.1 Å². The predicted octanol–water partition coefficient (Wildman–Crippen LogP) is 3.98. The molecule has 0 fully saturated rings. The fourth-order valence-electron chi connectivity index (χ4n) is 3.58. The summed E-state index contributed by atoms with van der Waals surface area (Å²) in [6.45, 7) is 1.34. The van der Waals surface area contributed by atoms with Crippen LogP contribution in [0.5, 0.6) is 11.5 Å². The maximum atomic E-state index is 13.2. The zero-order valence-electron chi connectivity index (χ0n) is 17.9. The molecule has 1 atom stereocenters. The molecule has 1 aliphatic rings. The largest absolute Gasteiger partial charge is 0.493 e. The lowest BCUT2D eigenvalue weighted by molar-refractivity contribution is -0.127. The number of thiophene rings is 1. The van der Waals surface area contributed by atoms with Crippen LogP contribution in [0.15, 0.2) is 65.0 Å². The summed E-state index contributed by atoms with van der Waals surface area (Å²) in [6, 6.07) is 17.2. The first kappa shape index (κ1) is 22.9. The Labute approximate surface area is 201 Å². The van der Waals surface area contributed by atoms with Gasteiger partial charge in [0.25, 0.3) is 5.91 Å². The number of nitrogens with zero attached hydrogens (tertiary/aromatic N) is 2. The van der Waals surface area contributed by atoms with Gasteiger partial charge < -0.3 is 25.8 Å². The molecule has 2 aromatic carbocycles. The maximum absolute atomic E-state index is 13.2. The molecule has 2 heterocycles. The van der Waals surface area contributed by atoms with Crippen LogP contribution in [0.25, 0.3) is 0 Å². The number of rotatable bonds is 9. The molecule has 1 amide bonds. The van der Waals surface area contributed by atoms with Crippen molar-refractivity contribution in [2.45, 2.75) is 25.5 Å². The highest BCUT2D eigenvalue weighted by molar-refractivity contribution is 7.14. The fourth-order valence-corrected chi connectivity index (χ4v) is 4.48. The number of carbonyl (C=O) groups excluding carboxylic acids is 1. The van der Waals surface area contributed by atoms with Gasteiger partial charge in [-0.1, -0.05) is 35.9 Å². The highest BCUT2D eigenvalue weighted by Crippen LogP contribution is 2.36. The Balaban J connectivity index is 1.36. The molecule has 4 N–H and O–H groups in total. The summed E-state index contributed by atoms with van der Waals surface area (Å²) < 4.78 is 12.6. The first-order chi connectivity index (χ1) is 16.0. The molecule has 9 heteroatoms. The zero-order valence-corrected chi connectivity index (χ0v) is 19.5. The quantitative estimate of drug-likeness (QED) is 0.353. The molecule has 33 heavy (non-hydrogen) atoms. The van der Waals surface area contributed by atoms with E-state index in [1.165, 1.54) is 11.3 Å². The van der Waals surface area contributed by atoms with Gasteiger partial charge in [-0.05, 0) is 53.3 Å². The van der Waals surface area contributed by atoms with Crippen LogP contribution in [0.2, 0.25) is 4.34 Å². The van der Waals surface area contributed by atoms with E-state index in [1.54, 1.807) is 4.90 Å².